The van der Waals surface area contributed by atoms with Crippen LogP contribution < -0.4 is 10.6 Å². The molecule has 0 aromatic carbocycles. The van der Waals surface area contributed by atoms with Crippen LogP contribution in [0.1, 0.15) is 25.1 Å². The average molecular weight is 445 g/mol. The zero-order valence-corrected chi connectivity index (χ0v) is 17.4. The zero-order chi connectivity index (χ0) is 16.9. The van der Waals surface area contributed by atoms with E-state index in [9.17, 15) is 0 Å². The maximum Gasteiger partial charge on any atom is 0.191 e. The smallest absolute Gasteiger partial charge is 0.191 e. The highest BCUT2D eigenvalue weighted by Gasteiger charge is 2.16. The number of aryl methyl sites for hydroxylation is 1. The molecule has 6 nitrogen and oxygen atoms in total. The van der Waals surface area contributed by atoms with Crippen LogP contribution in [0.3, 0.4) is 0 Å². The lowest BCUT2D eigenvalue weighted by Gasteiger charge is -2.24. The van der Waals surface area contributed by atoms with E-state index in [-0.39, 0.29) is 29.6 Å². The molecule has 7 heteroatoms. The number of pyridine rings is 1. The van der Waals surface area contributed by atoms with E-state index < -0.39 is 0 Å². The molecule has 2 aromatic heterocycles. The Morgan fingerprint density at radius 3 is 2.75 bits per heavy atom. The van der Waals surface area contributed by atoms with Crippen molar-refractivity contribution in [1.82, 2.24) is 20.0 Å². The molecule has 0 atom stereocenters. The lowest BCUT2D eigenvalue weighted by Crippen LogP contribution is -2.45. The zero-order valence-electron chi connectivity index (χ0n) is 15.1. The quantitative estimate of drug-likeness (QED) is 0.407. The van der Waals surface area contributed by atoms with Gasteiger partial charge in [0.15, 0.2) is 5.96 Å². The first-order valence-electron chi connectivity index (χ1n) is 7.88. The fourth-order valence-corrected chi connectivity index (χ4v) is 2.22. The lowest BCUT2D eigenvalue weighted by atomic mass is 10.1. The molecule has 0 aliphatic heterocycles. The first-order valence-corrected chi connectivity index (χ1v) is 7.88. The van der Waals surface area contributed by atoms with E-state index in [0.29, 0.717) is 6.54 Å². The molecule has 2 aromatic rings. The van der Waals surface area contributed by atoms with Gasteiger partial charge in [-0.2, -0.15) is 0 Å². The number of halogens is 1. The second-order valence-electron chi connectivity index (χ2n) is 6.22. The standard InChI is InChI=1S/C17H27N5O.HI/c1-13-7-6-10-22-11-14(21-15(13)22)8-9-19-16(18-4)20-12-17(2,3)23-5;/h6-7,10-11H,8-9,12H2,1-5H3,(H2,18,19,20);1H. The van der Waals surface area contributed by atoms with E-state index in [1.54, 1.807) is 14.2 Å². The third-order valence-corrected chi connectivity index (χ3v) is 3.86. The number of aliphatic imine (C=N–C) groups is 1. The Bertz CT molecular complexity index is 681. The predicted octanol–water partition coefficient (Wildman–Crippen LogP) is 2.39. The van der Waals surface area contributed by atoms with Crippen LogP contribution in [0, 0.1) is 6.92 Å². The molecule has 0 saturated carbocycles. The minimum absolute atomic E-state index is 0. The third kappa shape index (κ3) is 5.62. The van der Waals surface area contributed by atoms with Crippen molar-refractivity contribution in [2.75, 3.05) is 27.2 Å². The van der Waals surface area contributed by atoms with E-state index in [0.717, 1.165) is 30.3 Å². The van der Waals surface area contributed by atoms with E-state index in [2.05, 4.69) is 44.2 Å². The Morgan fingerprint density at radius 1 is 1.38 bits per heavy atom. The predicted molar refractivity (Wildman–Crippen MR) is 110 cm³/mol. The number of rotatable bonds is 6. The summed E-state index contributed by atoms with van der Waals surface area (Å²) in [4.78, 5) is 8.90. The molecule has 0 radical (unpaired) electrons. The normalized spacial score (nSPS) is 12.1. The topological polar surface area (TPSA) is 63.0 Å². The van der Waals surface area contributed by atoms with Crippen LogP contribution in [-0.2, 0) is 11.2 Å². The molecule has 0 fully saturated rings. The van der Waals surface area contributed by atoms with E-state index in [4.69, 9.17) is 4.74 Å². The largest absolute Gasteiger partial charge is 0.377 e. The van der Waals surface area contributed by atoms with Crippen LogP contribution in [0.2, 0.25) is 0 Å². The molecule has 2 N–H and O–H groups in total. The number of ether oxygens (including phenoxy) is 1. The van der Waals surface area contributed by atoms with Crippen LogP contribution in [0.15, 0.2) is 29.5 Å². The first kappa shape index (κ1) is 20.7. The van der Waals surface area contributed by atoms with Crippen molar-refractivity contribution in [1.29, 1.82) is 0 Å². The highest BCUT2D eigenvalue weighted by Crippen LogP contribution is 2.10. The average Bonchev–Trinajstić information content (AvgIpc) is 2.95. The fourth-order valence-electron chi connectivity index (χ4n) is 2.22. The maximum absolute atomic E-state index is 5.39. The van der Waals surface area contributed by atoms with E-state index >= 15 is 0 Å². The van der Waals surface area contributed by atoms with Gasteiger partial charge in [-0.1, -0.05) is 6.07 Å². The Kier molecular flexibility index (Phi) is 7.95. The summed E-state index contributed by atoms with van der Waals surface area (Å²) < 4.78 is 7.46. The second kappa shape index (κ2) is 9.22. The molecular weight excluding hydrogens is 417 g/mol. The molecule has 2 rings (SSSR count). The Hall–Kier alpha value is -1.35. The molecule has 0 bridgehead atoms. The minimum atomic E-state index is -0.225. The number of fused-ring (bicyclic) bond motifs is 1. The molecule has 0 aliphatic rings. The van der Waals surface area contributed by atoms with Crippen molar-refractivity contribution < 1.29 is 4.74 Å². The Balaban J connectivity index is 0.00000288. The number of aromatic nitrogens is 2. The van der Waals surface area contributed by atoms with Gasteiger partial charge < -0.3 is 19.8 Å². The van der Waals surface area contributed by atoms with Crippen molar-refractivity contribution in [3.05, 3.63) is 35.8 Å². The van der Waals surface area contributed by atoms with Crippen LogP contribution in [0.25, 0.3) is 5.65 Å². The molecule has 134 valence electrons. The van der Waals surface area contributed by atoms with Gasteiger partial charge in [-0.05, 0) is 32.4 Å². The van der Waals surface area contributed by atoms with Crippen molar-refractivity contribution in [2.24, 2.45) is 4.99 Å². The molecule has 24 heavy (non-hydrogen) atoms. The van der Waals surface area contributed by atoms with Gasteiger partial charge in [0.2, 0.25) is 0 Å². The molecule has 0 spiro atoms. The number of methoxy groups -OCH3 is 1. The van der Waals surface area contributed by atoms with Crippen LogP contribution in [0.4, 0.5) is 0 Å². The van der Waals surface area contributed by atoms with Gasteiger partial charge in [-0.25, -0.2) is 4.98 Å². The number of nitrogens with one attached hydrogen (secondary N) is 2. The summed E-state index contributed by atoms with van der Waals surface area (Å²) in [6, 6.07) is 4.11. The number of hydrogen-bond acceptors (Lipinski definition) is 3. The van der Waals surface area contributed by atoms with Crippen molar-refractivity contribution in [2.45, 2.75) is 32.8 Å². The van der Waals surface area contributed by atoms with Gasteiger partial charge in [0.05, 0.1) is 11.3 Å². The summed E-state index contributed by atoms with van der Waals surface area (Å²) in [5.41, 5.74) is 3.05. The summed E-state index contributed by atoms with van der Waals surface area (Å²) in [5.74, 6) is 0.773. The van der Waals surface area contributed by atoms with Gasteiger partial charge >= 0.3 is 0 Å². The first-order chi connectivity index (χ1) is 10.9. The molecular formula is C17H28IN5O. The molecule has 0 unspecified atom stereocenters. The SMILES string of the molecule is CN=C(NCCc1cn2cccc(C)c2n1)NCC(C)(C)OC.I. The second-order valence-corrected chi connectivity index (χ2v) is 6.22. The minimum Gasteiger partial charge on any atom is -0.377 e. The van der Waals surface area contributed by atoms with Gasteiger partial charge in [-0.15, -0.1) is 24.0 Å². The molecule has 0 aliphatic carbocycles. The van der Waals surface area contributed by atoms with Crippen molar-refractivity contribution in [3.8, 4) is 0 Å². The summed E-state index contributed by atoms with van der Waals surface area (Å²) in [6.07, 6.45) is 4.95. The highest BCUT2D eigenvalue weighted by atomic mass is 127. The van der Waals surface area contributed by atoms with Crippen LogP contribution in [0.5, 0.6) is 0 Å². The monoisotopic (exact) mass is 445 g/mol. The highest BCUT2D eigenvalue weighted by molar-refractivity contribution is 14.0. The number of nitrogens with zero attached hydrogens (tertiary/aromatic N) is 3. The maximum atomic E-state index is 5.39. The van der Waals surface area contributed by atoms with Crippen LogP contribution in [-0.4, -0.2) is 48.2 Å². The molecule has 0 saturated heterocycles. The summed E-state index contributed by atoms with van der Waals surface area (Å²) in [6.45, 7) is 7.61. The number of imidazole rings is 1. The third-order valence-electron chi connectivity index (χ3n) is 3.86. The van der Waals surface area contributed by atoms with Gasteiger partial charge in [0.1, 0.15) is 5.65 Å². The van der Waals surface area contributed by atoms with Crippen LogP contribution >= 0.6 is 24.0 Å². The van der Waals surface area contributed by atoms with Gasteiger partial charge in [-0.3, -0.25) is 4.99 Å². The lowest BCUT2D eigenvalue weighted by molar-refractivity contribution is 0.0268. The van der Waals surface area contributed by atoms with Crippen molar-refractivity contribution >= 4 is 35.6 Å². The summed E-state index contributed by atoms with van der Waals surface area (Å²) in [7, 11) is 3.48. The number of guanidine groups is 1. The Morgan fingerprint density at radius 2 is 2.12 bits per heavy atom. The molecule has 0 amide bonds. The van der Waals surface area contributed by atoms with E-state index in [1.807, 2.05) is 26.1 Å². The fraction of sp³-hybridized carbons (Fsp3) is 0.529. The summed E-state index contributed by atoms with van der Waals surface area (Å²) >= 11 is 0. The van der Waals surface area contributed by atoms with Gasteiger partial charge in [0, 0.05) is 46.1 Å². The summed E-state index contributed by atoms with van der Waals surface area (Å²) in [5, 5.41) is 6.58. The number of hydrogen-bond donors (Lipinski definition) is 2. The van der Waals surface area contributed by atoms with Gasteiger partial charge in [0.25, 0.3) is 0 Å². The molecule has 2 heterocycles. The van der Waals surface area contributed by atoms with E-state index in [1.165, 1.54) is 5.56 Å². The van der Waals surface area contributed by atoms with Crippen molar-refractivity contribution in [3.63, 3.8) is 0 Å². The Labute approximate surface area is 161 Å².